The lowest BCUT2D eigenvalue weighted by atomic mass is 10.1. The summed E-state index contributed by atoms with van der Waals surface area (Å²) < 4.78 is 5.33. The lowest BCUT2D eigenvalue weighted by Crippen LogP contribution is -2.47. The number of hydrogen-bond acceptors (Lipinski definition) is 4. The number of aliphatic hydroxyl groups excluding tert-OH is 1. The van der Waals surface area contributed by atoms with Crippen molar-refractivity contribution >= 4 is 5.91 Å². The molecule has 0 spiro atoms. The Morgan fingerprint density at radius 1 is 1.61 bits per heavy atom. The number of carbonyl (C=O) groups is 1. The normalized spacial score (nSPS) is 20.2. The largest absolute Gasteiger partial charge is 0.394 e. The highest BCUT2D eigenvalue weighted by molar-refractivity contribution is 5.79. The van der Waals surface area contributed by atoms with Crippen molar-refractivity contribution in [2.45, 2.75) is 26.4 Å². The van der Waals surface area contributed by atoms with E-state index in [1.165, 1.54) is 0 Å². The molecule has 1 fully saturated rings. The Morgan fingerprint density at radius 3 is 3.00 bits per heavy atom. The third-order valence-corrected chi connectivity index (χ3v) is 3.30. The summed E-state index contributed by atoms with van der Waals surface area (Å²) in [5.74, 6) is 0.0596. The maximum atomic E-state index is 12.2. The minimum absolute atomic E-state index is 0.0481. The van der Waals surface area contributed by atoms with E-state index in [-0.39, 0.29) is 18.6 Å². The minimum atomic E-state index is -0.255. The van der Waals surface area contributed by atoms with Crippen molar-refractivity contribution in [1.82, 2.24) is 15.1 Å². The SMILES string of the molecule is Cc1n[nH]c(C)c1CC(=O)N1CCOC(CO)C1. The maximum absolute atomic E-state index is 12.2. The van der Waals surface area contributed by atoms with Crippen molar-refractivity contribution in [3.63, 3.8) is 0 Å². The molecule has 0 saturated carbocycles. The van der Waals surface area contributed by atoms with Crippen LogP contribution in [0.5, 0.6) is 0 Å². The average molecular weight is 253 g/mol. The summed E-state index contributed by atoms with van der Waals surface area (Å²) in [5, 5.41) is 16.0. The fraction of sp³-hybridized carbons (Fsp3) is 0.667. The lowest BCUT2D eigenvalue weighted by Gasteiger charge is -2.32. The van der Waals surface area contributed by atoms with Gasteiger partial charge in [-0.25, -0.2) is 0 Å². The van der Waals surface area contributed by atoms with Gasteiger partial charge in [0.2, 0.25) is 5.91 Å². The van der Waals surface area contributed by atoms with Gasteiger partial charge in [-0.1, -0.05) is 0 Å². The number of aryl methyl sites for hydroxylation is 2. The quantitative estimate of drug-likeness (QED) is 0.781. The van der Waals surface area contributed by atoms with E-state index >= 15 is 0 Å². The van der Waals surface area contributed by atoms with E-state index in [1.54, 1.807) is 4.90 Å². The van der Waals surface area contributed by atoms with E-state index in [0.29, 0.717) is 26.1 Å². The van der Waals surface area contributed by atoms with Gasteiger partial charge in [-0.15, -0.1) is 0 Å². The third-order valence-electron chi connectivity index (χ3n) is 3.30. The molecular weight excluding hydrogens is 234 g/mol. The van der Waals surface area contributed by atoms with E-state index in [2.05, 4.69) is 10.2 Å². The lowest BCUT2D eigenvalue weighted by molar-refractivity contribution is -0.139. The van der Waals surface area contributed by atoms with Crippen LogP contribution in [0.2, 0.25) is 0 Å². The van der Waals surface area contributed by atoms with Crippen molar-refractivity contribution in [1.29, 1.82) is 0 Å². The molecule has 1 unspecified atom stereocenters. The number of amides is 1. The number of aromatic amines is 1. The number of nitrogens with one attached hydrogen (secondary N) is 1. The van der Waals surface area contributed by atoms with Crippen LogP contribution in [0, 0.1) is 13.8 Å². The first-order valence-electron chi connectivity index (χ1n) is 6.12. The van der Waals surface area contributed by atoms with Gasteiger partial charge < -0.3 is 14.7 Å². The summed E-state index contributed by atoms with van der Waals surface area (Å²) in [7, 11) is 0. The molecule has 1 aliphatic heterocycles. The number of morpholine rings is 1. The Labute approximate surface area is 106 Å². The molecule has 1 aliphatic rings. The van der Waals surface area contributed by atoms with Gasteiger partial charge in [0.1, 0.15) is 0 Å². The molecule has 1 amide bonds. The number of aliphatic hydroxyl groups is 1. The first-order chi connectivity index (χ1) is 8.61. The predicted molar refractivity (Wildman–Crippen MR) is 65.2 cm³/mol. The summed E-state index contributed by atoms with van der Waals surface area (Å²) in [4.78, 5) is 13.9. The molecule has 1 atom stereocenters. The van der Waals surface area contributed by atoms with Gasteiger partial charge >= 0.3 is 0 Å². The maximum Gasteiger partial charge on any atom is 0.227 e. The first-order valence-corrected chi connectivity index (χ1v) is 6.12. The highest BCUT2D eigenvalue weighted by atomic mass is 16.5. The smallest absolute Gasteiger partial charge is 0.227 e. The predicted octanol–water partition coefficient (Wildman–Crippen LogP) is -0.211. The number of rotatable bonds is 3. The second-order valence-electron chi connectivity index (χ2n) is 4.60. The molecule has 0 bridgehead atoms. The Morgan fingerprint density at radius 2 is 2.39 bits per heavy atom. The van der Waals surface area contributed by atoms with Gasteiger partial charge in [-0.05, 0) is 13.8 Å². The molecule has 0 aliphatic carbocycles. The molecule has 1 aromatic heterocycles. The van der Waals surface area contributed by atoms with Crippen molar-refractivity contribution in [3.8, 4) is 0 Å². The molecule has 6 nitrogen and oxygen atoms in total. The monoisotopic (exact) mass is 253 g/mol. The molecule has 2 heterocycles. The van der Waals surface area contributed by atoms with E-state index in [0.717, 1.165) is 17.0 Å². The van der Waals surface area contributed by atoms with Crippen LogP contribution in [0.4, 0.5) is 0 Å². The van der Waals surface area contributed by atoms with Crippen molar-refractivity contribution in [3.05, 3.63) is 17.0 Å². The molecule has 1 saturated heterocycles. The zero-order valence-electron chi connectivity index (χ0n) is 10.8. The van der Waals surface area contributed by atoms with Crippen LogP contribution in [-0.4, -0.2) is 58.5 Å². The fourth-order valence-corrected chi connectivity index (χ4v) is 2.15. The summed E-state index contributed by atoms with van der Waals surface area (Å²) in [5.41, 5.74) is 2.77. The summed E-state index contributed by atoms with van der Waals surface area (Å²) in [6.07, 6.45) is 0.0982. The van der Waals surface area contributed by atoms with E-state index in [4.69, 9.17) is 9.84 Å². The number of H-pyrrole nitrogens is 1. The number of ether oxygens (including phenoxy) is 1. The molecule has 0 radical (unpaired) electrons. The molecule has 18 heavy (non-hydrogen) atoms. The van der Waals surface area contributed by atoms with Crippen molar-refractivity contribution in [2.75, 3.05) is 26.3 Å². The Balaban J connectivity index is 1.99. The summed E-state index contributed by atoms with van der Waals surface area (Å²) in [6.45, 7) is 5.30. The number of nitrogens with zero attached hydrogens (tertiary/aromatic N) is 2. The molecule has 1 aromatic rings. The van der Waals surface area contributed by atoms with E-state index in [1.807, 2.05) is 13.8 Å². The van der Waals surface area contributed by atoms with E-state index < -0.39 is 0 Å². The molecule has 0 aromatic carbocycles. The second kappa shape index (κ2) is 5.49. The Hall–Kier alpha value is -1.40. The number of carbonyl (C=O) groups excluding carboxylic acids is 1. The van der Waals surface area contributed by atoms with Crippen LogP contribution < -0.4 is 0 Å². The second-order valence-corrected chi connectivity index (χ2v) is 4.60. The van der Waals surface area contributed by atoms with Gasteiger partial charge in [-0.2, -0.15) is 5.10 Å². The molecular formula is C12H19N3O3. The Bertz CT molecular complexity index is 411. The standard InChI is InChI=1S/C12H19N3O3/c1-8-11(9(2)14-13-8)5-12(17)15-3-4-18-10(6-15)7-16/h10,16H,3-7H2,1-2H3,(H,13,14). The molecule has 2 N–H and O–H groups in total. The van der Waals surface area contributed by atoms with Crippen LogP contribution >= 0.6 is 0 Å². The minimum Gasteiger partial charge on any atom is -0.394 e. The molecule has 100 valence electrons. The van der Waals surface area contributed by atoms with Gasteiger partial charge in [-0.3, -0.25) is 9.89 Å². The van der Waals surface area contributed by atoms with Crippen LogP contribution in [0.3, 0.4) is 0 Å². The molecule has 2 rings (SSSR count). The zero-order chi connectivity index (χ0) is 13.1. The Kier molecular flexibility index (Phi) is 3.98. The van der Waals surface area contributed by atoms with Crippen molar-refractivity contribution < 1.29 is 14.6 Å². The van der Waals surface area contributed by atoms with Gasteiger partial charge in [0.25, 0.3) is 0 Å². The summed E-state index contributed by atoms with van der Waals surface area (Å²) in [6, 6.07) is 0. The van der Waals surface area contributed by atoms with E-state index in [9.17, 15) is 4.79 Å². The van der Waals surface area contributed by atoms with Crippen LogP contribution in [0.25, 0.3) is 0 Å². The fourth-order valence-electron chi connectivity index (χ4n) is 2.15. The van der Waals surface area contributed by atoms with Gasteiger partial charge in [0.05, 0.1) is 31.4 Å². The number of aromatic nitrogens is 2. The summed E-state index contributed by atoms with van der Waals surface area (Å²) >= 11 is 0. The third kappa shape index (κ3) is 2.70. The molecule has 6 heteroatoms. The van der Waals surface area contributed by atoms with Gasteiger partial charge in [0.15, 0.2) is 0 Å². The van der Waals surface area contributed by atoms with Crippen molar-refractivity contribution in [2.24, 2.45) is 0 Å². The first kappa shape index (κ1) is 13.0. The highest BCUT2D eigenvalue weighted by Gasteiger charge is 2.24. The topological polar surface area (TPSA) is 78.5 Å². The van der Waals surface area contributed by atoms with Crippen LogP contribution in [0.15, 0.2) is 0 Å². The average Bonchev–Trinajstić information content (AvgIpc) is 2.70. The van der Waals surface area contributed by atoms with Crippen LogP contribution in [0.1, 0.15) is 17.0 Å². The number of hydrogen-bond donors (Lipinski definition) is 2. The van der Waals surface area contributed by atoms with Crippen LogP contribution in [-0.2, 0) is 16.0 Å². The van der Waals surface area contributed by atoms with Gasteiger partial charge in [0, 0.05) is 24.3 Å². The highest BCUT2D eigenvalue weighted by Crippen LogP contribution is 2.13. The zero-order valence-corrected chi connectivity index (χ0v) is 10.8.